The van der Waals surface area contributed by atoms with E-state index in [1.165, 1.54) is 19.1 Å². The Labute approximate surface area is 122 Å². The molecule has 0 amide bonds. The summed E-state index contributed by atoms with van der Waals surface area (Å²) in [6.07, 6.45) is -0.730. The van der Waals surface area contributed by atoms with Crippen molar-refractivity contribution in [3.63, 3.8) is 0 Å². The van der Waals surface area contributed by atoms with Crippen molar-refractivity contribution in [1.82, 2.24) is 0 Å². The van der Waals surface area contributed by atoms with Crippen molar-refractivity contribution >= 4 is 11.8 Å². The van der Waals surface area contributed by atoms with Crippen LogP contribution in [0.25, 0.3) is 0 Å². The summed E-state index contributed by atoms with van der Waals surface area (Å²) in [7, 11) is 0. The van der Waals surface area contributed by atoms with Gasteiger partial charge >= 0.3 is 5.97 Å². The molecule has 2 rings (SSSR count). The minimum absolute atomic E-state index is 0.0484. The van der Waals surface area contributed by atoms with Gasteiger partial charge in [0.05, 0.1) is 19.8 Å². The molecular formula is C15H17FO5. The summed E-state index contributed by atoms with van der Waals surface area (Å²) < 4.78 is 29.4. The van der Waals surface area contributed by atoms with Gasteiger partial charge in [-0.25, -0.2) is 9.18 Å². The molecule has 0 radical (unpaired) electrons. The van der Waals surface area contributed by atoms with Crippen LogP contribution in [0.1, 0.15) is 42.4 Å². The molecule has 6 heteroatoms. The zero-order valence-corrected chi connectivity index (χ0v) is 12.0. The second-order valence-electron chi connectivity index (χ2n) is 4.60. The van der Waals surface area contributed by atoms with Gasteiger partial charge in [-0.1, -0.05) is 0 Å². The molecule has 0 saturated heterocycles. The molecule has 1 heterocycles. The number of ketones is 1. The lowest BCUT2D eigenvalue weighted by atomic mass is 9.99. The smallest absolute Gasteiger partial charge is 0.379 e. The lowest BCUT2D eigenvalue weighted by Gasteiger charge is -2.14. The Kier molecular flexibility index (Phi) is 4.77. The van der Waals surface area contributed by atoms with Crippen LogP contribution in [0.3, 0.4) is 0 Å². The molecule has 114 valence electrons. The van der Waals surface area contributed by atoms with Crippen molar-refractivity contribution in [3.8, 4) is 11.5 Å². The maximum Gasteiger partial charge on any atom is 0.379 e. The number of carbonyl (C=O) groups is 2. The van der Waals surface area contributed by atoms with E-state index in [4.69, 9.17) is 9.47 Å². The van der Waals surface area contributed by atoms with Gasteiger partial charge in [0.2, 0.25) is 0 Å². The van der Waals surface area contributed by atoms with Crippen LogP contribution in [-0.4, -0.2) is 31.6 Å². The lowest BCUT2D eigenvalue weighted by molar-refractivity contribution is -0.137. The molecule has 0 spiro atoms. The second-order valence-corrected chi connectivity index (χ2v) is 4.60. The molecule has 0 aromatic heterocycles. The molecule has 1 atom stereocenters. The van der Waals surface area contributed by atoms with Gasteiger partial charge in [0.15, 0.2) is 11.5 Å². The number of hydrogen-bond acceptors (Lipinski definition) is 5. The van der Waals surface area contributed by atoms with E-state index < -0.39 is 17.9 Å². The Balaban J connectivity index is 2.45. The highest BCUT2D eigenvalue weighted by atomic mass is 19.1. The first-order valence-electron chi connectivity index (χ1n) is 6.83. The Bertz CT molecular complexity index is 553. The minimum atomic E-state index is -1.42. The fraction of sp³-hybridized carbons (Fsp3) is 0.467. The normalized spacial score (nSPS) is 15.0. The maximum absolute atomic E-state index is 13.8. The molecule has 0 saturated carbocycles. The van der Waals surface area contributed by atoms with Crippen LogP contribution in [0, 0.1) is 0 Å². The van der Waals surface area contributed by atoms with Crippen LogP contribution >= 0.6 is 0 Å². The van der Waals surface area contributed by atoms with Gasteiger partial charge in [0.25, 0.3) is 5.78 Å². The number of Topliss-reactive ketones (excluding diaryl/α,β-unsaturated/α-hetero) is 1. The molecule has 1 aromatic rings. The van der Waals surface area contributed by atoms with E-state index in [1.54, 1.807) is 6.92 Å². The Hall–Kier alpha value is -2.11. The third kappa shape index (κ3) is 3.32. The molecule has 1 aromatic carbocycles. The highest BCUT2D eigenvalue weighted by molar-refractivity contribution is 6.41. The first-order chi connectivity index (χ1) is 10.0. The summed E-state index contributed by atoms with van der Waals surface area (Å²) in [6, 6.07) is 2.77. The predicted molar refractivity (Wildman–Crippen MR) is 72.5 cm³/mol. The number of benzene rings is 1. The average molecular weight is 296 g/mol. The second kappa shape index (κ2) is 6.56. The first-order valence-corrected chi connectivity index (χ1v) is 6.83. The van der Waals surface area contributed by atoms with Crippen LogP contribution < -0.4 is 9.47 Å². The van der Waals surface area contributed by atoms with Crippen LogP contribution in [-0.2, 0) is 9.53 Å². The highest BCUT2D eigenvalue weighted by Crippen LogP contribution is 2.36. The number of hydrogen-bond donors (Lipinski definition) is 0. The summed E-state index contributed by atoms with van der Waals surface area (Å²) in [5, 5.41) is 0. The topological polar surface area (TPSA) is 61.8 Å². The zero-order valence-electron chi connectivity index (χ0n) is 12.0. The fourth-order valence-corrected chi connectivity index (χ4v) is 2.06. The van der Waals surface area contributed by atoms with Crippen molar-refractivity contribution in [3.05, 3.63) is 23.3 Å². The summed E-state index contributed by atoms with van der Waals surface area (Å²) in [6.45, 7) is 3.86. The minimum Gasteiger partial charge on any atom is -0.490 e. The van der Waals surface area contributed by atoms with Crippen LogP contribution in [0.2, 0.25) is 0 Å². The van der Waals surface area contributed by atoms with E-state index in [-0.39, 0.29) is 17.7 Å². The number of fused-ring (bicyclic) bond motifs is 1. The third-order valence-corrected chi connectivity index (χ3v) is 3.05. The molecule has 21 heavy (non-hydrogen) atoms. The zero-order chi connectivity index (χ0) is 15.4. The van der Waals surface area contributed by atoms with Gasteiger partial charge < -0.3 is 14.2 Å². The SMILES string of the molecule is CCOC(=O)C(=O)c1cc2c(cc1C(C)F)OCCCO2. The largest absolute Gasteiger partial charge is 0.490 e. The van der Waals surface area contributed by atoms with E-state index in [1.807, 2.05) is 0 Å². The molecule has 0 bridgehead atoms. The van der Waals surface area contributed by atoms with Crippen molar-refractivity contribution < 1.29 is 28.2 Å². The molecular weight excluding hydrogens is 279 g/mol. The summed E-state index contributed by atoms with van der Waals surface area (Å²) in [5.41, 5.74) is 0.0463. The molecule has 0 N–H and O–H groups in total. The number of ether oxygens (including phenoxy) is 3. The number of halogens is 1. The van der Waals surface area contributed by atoms with Gasteiger partial charge in [-0.2, -0.15) is 0 Å². The molecule has 0 aliphatic carbocycles. The van der Waals surface area contributed by atoms with Crippen molar-refractivity contribution in [2.75, 3.05) is 19.8 Å². The van der Waals surface area contributed by atoms with Crippen molar-refractivity contribution in [1.29, 1.82) is 0 Å². The Morgan fingerprint density at radius 2 is 1.90 bits per heavy atom. The van der Waals surface area contributed by atoms with Crippen LogP contribution in [0.4, 0.5) is 4.39 Å². The Morgan fingerprint density at radius 3 is 2.48 bits per heavy atom. The third-order valence-electron chi connectivity index (χ3n) is 3.05. The fourth-order valence-electron chi connectivity index (χ4n) is 2.06. The van der Waals surface area contributed by atoms with E-state index in [2.05, 4.69) is 4.74 Å². The van der Waals surface area contributed by atoms with Gasteiger partial charge in [-0.05, 0) is 26.0 Å². The van der Waals surface area contributed by atoms with Crippen molar-refractivity contribution in [2.24, 2.45) is 0 Å². The summed E-state index contributed by atoms with van der Waals surface area (Å²) in [5.74, 6) is -1.17. The molecule has 0 fully saturated rings. The molecule has 1 unspecified atom stereocenters. The molecule has 1 aliphatic heterocycles. The maximum atomic E-state index is 13.8. The average Bonchev–Trinajstić information content (AvgIpc) is 2.69. The van der Waals surface area contributed by atoms with Gasteiger partial charge in [-0.15, -0.1) is 0 Å². The first kappa shape index (κ1) is 15.3. The number of alkyl halides is 1. The summed E-state index contributed by atoms with van der Waals surface area (Å²) in [4.78, 5) is 23.7. The molecule has 1 aliphatic rings. The van der Waals surface area contributed by atoms with Gasteiger partial charge in [0, 0.05) is 17.5 Å². The number of esters is 1. The van der Waals surface area contributed by atoms with E-state index in [0.717, 1.165) is 0 Å². The Morgan fingerprint density at radius 1 is 1.29 bits per heavy atom. The highest BCUT2D eigenvalue weighted by Gasteiger charge is 2.26. The van der Waals surface area contributed by atoms with Crippen LogP contribution in [0.15, 0.2) is 12.1 Å². The van der Waals surface area contributed by atoms with Gasteiger partial charge in [-0.3, -0.25) is 4.79 Å². The van der Waals surface area contributed by atoms with E-state index in [9.17, 15) is 14.0 Å². The molecule has 5 nitrogen and oxygen atoms in total. The predicted octanol–water partition coefficient (Wildman–Crippen LogP) is 2.62. The summed E-state index contributed by atoms with van der Waals surface area (Å²) >= 11 is 0. The van der Waals surface area contributed by atoms with Crippen molar-refractivity contribution in [2.45, 2.75) is 26.4 Å². The van der Waals surface area contributed by atoms with E-state index in [0.29, 0.717) is 31.1 Å². The quantitative estimate of drug-likeness (QED) is 0.485. The monoisotopic (exact) mass is 296 g/mol. The van der Waals surface area contributed by atoms with Gasteiger partial charge in [0.1, 0.15) is 6.17 Å². The number of carbonyl (C=O) groups excluding carboxylic acids is 2. The lowest BCUT2D eigenvalue weighted by Crippen LogP contribution is -2.19. The van der Waals surface area contributed by atoms with Crippen LogP contribution in [0.5, 0.6) is 11.5 Å². The number of rotatable bonds is 4. The standard InChI is InChI=1S/C15H17FO5/c1-3-19-15(18)14(17)11-8-13-12(7-10(11)9(2)16)20-5-4-6-21-13/h7-9H,3-6H2,1-2H3. The van der Waals surface area contributed by atoms with E-state index >= 15 is 0 Å².